The molecule has 0 aliphatic heterocycles. The second kappa shape index (κ2) is 8.96. The number of carbonyl (C=O) groups is 3. The standard InChI is InChI=1S/C19H19N5O3S/c1-12(25)20-11-14-7-8-15(28-14)18(26)23-17(13-5-3-2-4-6-13)19(27)22-16-9-10-21-24-16/h2-10,17H,11H2,1H3,(H,20,25)(H,23,26)(H2,21,22,24,27). The molecule has 1 aromatic carbocycles. The predicted molar refractivity (Wildman–Crippen MR) is 106 cm³/mol. The van der Waals surface area contributed by atoms with Gasteiger partial charge in [0, 0.05) is 17.9 Å². The summed E-state index contributed by atoms with van der Waals surface area (Å²) in [5.74, 6) is -0.459. The second-order valence-electron chi connectivity index (χ2n) is 5.95. The normalized spacial score (nSPS) is 11.5. The number of amides is 3. The SMILES string of the molecule is CC(=O)NCc1ccc(C(=O)NC(C(=O)Nc2ccn[nH]2)c2ccccc2)s1. The summed E-state index contributed by atoms with van der Waals surface area (Å²) in [6, 6.07) is 13.2. The van der Waals surface area contributed by atoms with E-state index < -0.39 is 6.04 Å². The van der Waals surface area contributed by atoms with Crippen molar-refractivity contribution in [2.24, 2.45) is 0 Å². The number of rotatable bonds is 7. The van der Waals surface area contributed by atoms with E-state index in [2.05, 4.69) is 26.1 Å². The lowest BCUT2D eigenvalue weighted by Crippen LogP contribution is -2.36. The third-order valence-corrected chi connectivity index (χ3v) is 4.91. The lowest BCUT2D eigenvalue weighted by molar-refractivity contribution is -0.119. The van der Waals surface area contributed by atoms with Gasteiger partial charge < -0.3 is 16.0 Å². The Morgan fingerprint density at radius 1 is 1.11 bits per heavy atom. The van der Waals surface area contributed by atoms with Gasteiger partial charge in [0.05, 0.1) is 17.6 Å². The number of aromatic nitrogens is 2. The quantitative estimate of drug-likeness (QED) is 0.489. The number of hydrogen-bond acceptors (Lipinski definition) is 5. The van der Waals surface area contributed by atoms with Gasteiger partial charge in [0.15, 0.2) is 0 Å². The molecule has 2 aromatic heterocycles. The van der Waals surface area contributed by atoms with E-state index in [1.807, 2.05) is 6.07 Å². The van der Waals surface area contributed by atoms with Crippen LogP contribution in [0, 0.1) is 0 Å². The number of aromatic amines is 1. The Balaban J connectivity index is 1.74. The van der Waals surface area contributed by atoms with E-state index in [1.165, 1.54) is 24.5 Å². The molecule has 3 rings (SSSR count). The molecule has 3 aromatic rings. The molecule has 0 bridgehead atoms. The van der Waals surface area contributed by atoms with E-state index in [-0.39, 0.29) is 17.7 Å². The highest BCUT2D eigenvalue weighted by atomic mass is 32.1. The van der Waals surface area contributed by atoms with Crippen molar-refractivity contribution >= 4 is 34.9 Å². The monoisotopic (exact) mass is 397 g/mol. The zero-order chi connectivity index (χ0) is 19.9. The summed E-state index contributed by atoms with van der Waals surface area (Å²) in [6.07, 6.45) is 1.52. The van der Waals surface area contributed by atoms with Crippen LogP contribution in [0.4, 0.5) is 5.82 Å². The molecule has 9 heteroatoms. The van der Waals surface area contributed by atoms with Crippen LogP contribution < -0.4 is 16.0 Å². The maximum absolute atomic E-state index is 12.7. The maximum atomic E-state index is 12.7. The Kier molecular flexibility index (Phi) is 6.18. The van der Waals surface area contributed by atoms with Crippen LogP contribution in [-0.4, -0.2) is 27.9 Å². The van der Waals surface area contributed by atoms with Crippen LogP contribution in [-0.2, 0) is 16.1 Å². The van der Waals surface area contributed by atoms with E-state index in [0.29, 0.717) is 22.8 Å². The van der Waals surface area contributed by atoms with Crippen molar-refractivity contribution in [3.8, 4) is 0 Å². The number of thiophene rings is 1. The van der Waals surface area contributed by atoms with Gasteiger partial charge in [0.2, 0.25) is 5.91 Å². The fraction of sp³-hybridized carbons (Fsp3) is 0.158. The van der Waals surface area contributed by atoms with Gasteiger partial charge in [-0.05, 0) is 17.7 Å². The summed E-state index contributed by atoms with van der Waals surface area (Å²) in [4.78, 5) is 37.8. The van der Waals surface area contributed by atoms with Crippen LogP contribution in [0.1, 0.15) is 33.1 Å². The first kappa shape index (κ1) is 19.3. The van der Waals surface area contributed by atoms with Crippen molar-refractivity contribution < 1.29 is 14.4 Å². The fourth-order valence-corrected chi connectivity index (χ4v) is 3.34. The molecule has 3 amide bonds. The van der Waals surface area contributed by atoms with Gasteiger partial charge in [-0.15, -0.1) is 11.3 Å². The minimum Gasteiger partial charge on any atom is -0.351 e. The molecule has 4 N–H and O–H groups in total. The van der Waals surface area contributed by atoms with E-state index in [0.717, 1.165) is 4.88 Å². The van der Waals surface area contributed by atoms with Gasteiger partial charge in [0.25, 0.3) is 11.8 Å². The molecule has 0 saturated heterocycles. The lowest BCUT2D eigenvalue weighted by atomic mass is 10.1. The number of nitrogens with zero attached hydrogens (tertiary/aromatic N) is 1. The van der Waals surface area contributed by atoms with Crippen LogP contribution >= 0.6 is 11.3 Å². The van der Waals surface area contributed by atoms with Gasteiger partial charge in [-0.3, -0.25) is 19.5 Å². The third-order valence-electron chi connectivity index (χ3n) is 3.83. The first-order valence-corrected chi connectivity index (χ1v) is 9.34. The zero-order valence-corrected chi connectivity index (χ0v) is 15.9. The Labute approximate surface area is 165 Å². The molecule has 0 radical (unpaired) electrons. The van der Waals surface area contributed by atoms with Gasteiger partial charge in [-0.25, -0.2) is 0 Å². The maximum Gasteiger partial charge on any atom is 0.262 e. The average Bonchev–Trinajstić information content (AvgIpc) is 3.37. The van der Waals surface area contributed by atoms with Gasteiger partial charge in [-0.1, -0.05) is 30.3 Å². The first-order valence-electron chi connectivity index (χ1n) is 8.52. The summed E-state index contributed by atoms with van der Waals surface area (Å²) >= 11 is 1.26. The number of H-pyrrole nitrogens is 1. The van der Waals surface area contributed by atoms with Gasteiger partial charge >= 0.3 is 0 Å². The first-order chi connectivity index (χ1) is 13.5. The van der Waals surface area contributed by atoms with E-state index in [9.17, 15) is 14.4 Å². The van der Waals surface area contributed by atoms with E-state index >= 15 is 0 Å². The largest absolute Gasteiger partial charge is 0.351 e. The molecule has 0 saturated carbocycles. The number of hydrogen-bond donors (Lipinski definition) is 4. The van der Waals surface area contributed by atoms with Crippen LogP contribution in [0.25, 0.3) is 0 Å². The molecule has 0 spiro atoms. The molecular formula is C19H19N5O3S. The van der Waals surface area contributed by atoms with Crippen molar-refractivity contribution in [1.82, 2.24) is 20.8 Å². The summed E-state index contributed by atoms with van der Waals surface area (Å²) < 4.78 is 0. The van der Waals surface area contributed by atoms with Gasteiger partial charge in [0.1, 0.15) is 11.9 Å². The summed E-state index contributed by atoms with van der Waals surface area (Å²) in [5, 5.41) is 14.6. The van der Waals surface area contributed by atoms with Crippen LogP contribution in [0.15, 0.2) is 54.7 Å². The number of carbonyl (C=O) groups excluding carboxylic acids is 3. The zero-order valence-electron chi connectivity index (χ0n) is 15.1. The molecule has 28 heavy (non-hydrogen) atoms. The lowest BCUT2D eigenvalue weighted by Gasteiger charge is -2.18. The minimum atomic E-state index is -0.877. The third kappa shape index (κ3) is 5.04. The molecule has 144 valence electrons. The van der Waals surface area contributed by atoms with Crippen molar-refractivity contribution in [2.45, 2.75) is 19.5 Å². The number of nitrogens with one attached hydrogen (secondary N) is 4. The van der Waals surface area contributed by atoms with Crippen molar-refractivity contribution in [3.63, 3.8) is 0 Å². The molecule has 1 unspecified atom stereocenters. The highest BCUT2D eigenvalue weighted by Crippen LogP contribution is 2.20. The average molecular weight is 397 g/mol. The predicted octanol–water partition coefficient (Wildman–Crippen LogP) is 2.22. The van der Waals surface area contributed by atoms with Crippen LogP contribution in [0.3, 0.4) is 0 Å². The van der Waals surface area contributed by atoms with E-state index in [4.69, 9.17) is 0 Å². The second-order valence-corrected chi connectivity index (χ2v) is 7.12. The number of anilines is 1. The Hall–Kier alpha value is -3.46. The van der Waals surface area contributed by atoms with Crippen molar-refractivity contribution in [3.05, 3.63) is 70.0 Å². The van der Waals surface area contributed by atoms with Gasteiger partial charge in [-0.2, -0.15) is 5.10 Å². The molecule has 0 fully saturated rings. The van der Waals surface area contributed by atoms with Crippen LogP contribution in [0.2, 0.25) is 0 Å². The van der Waals surface area contributed by atoms with Crippen molar-refractivity contribution in [2.75, 3.05) is 5.32 Å². The van der Waals surface area contributed by atoms with Crippen molar-refractivity contribution in [1.29, 1.82) is 0 Å². The molecule has 2 heterocycles. The Bertz CT molecular complexity index is 953. The molecule has 0 aliphatic carbocycles. The Morgan fingerprint density at radius 2 is 1.89 bits per heavy atom. The molecular weight excluding hydrogens is 378 g/mol. The number of benzene rings is 1. The summed E-state index contributed by atoms with van der Waals surface area (Å²) in [5.41, 5.74) is 0.655. The Morgan fingerprint density at radius 3 is 2.57 bits per heavy atom. The highest BCUT2D eigenvalue weighted by molar-refractivity contribution is 7.14. The van der Waals surface area contributed by atoms with Crippen LogP contribution in [0.5, 0.6) is 0 Å². The fourth-order valence-electron chi connectivity index (χ4n) is 2.48. The molecule has 1 atom stereocenters. The molecule has 8 nitrogen and oxygen atoms in total. The summed E-state index contributed by atoms with van der Waals surface area (Å²) in [7, 11) is 0. The highest BCUT2D eigenvalue weighted by Gasteiger charge is 2.24. The van der Waals surface area contributed by atoms with E-state index in [1.54, 1.807) is 42.5 Å². The minimum absolute atomic E-state index is 0.140. The molecule has 0 aliphatic rings. The summed E-state index contributed by atoms with van der Waals surface area (Å²) in [6.45, 7) is 1.79. The smallest absolute Gasteiger partial charge is 0.262 e. The topological polar surface area (TPSA) is 116 Å².